The van der Waals surface area contributed by atoms with Gasteiger partial charge in [0.05, 0.1) is 0 Å². The highest BCUT2D eigenvalue weighted by atomic mass is 15.2. The van der Waals surface area contributed by atoms with Crippen molar-refractivity contribution < 1.29 is 0 Å². The molecule has 0 radical (unpaired) electrons. The number of para-hydroxylation sites is 1. The average Bonchev–Trinajstić information content (AvgIpc) is 2.69. The molecule has 2 aliphatic heterocycles. The first kappa shape index (κ1) is 12.0. The van der Waals surface area contributed by atoms with E-state index in [0.717, 1.165) is 12.5 Å². The molecule has 1 unspecified atom stereocenters. The van der Waals surface area contributed by atoms with E-state index in [1.165, 1.54) is 43.7 Å². The van der Waals surface area contributed by atoms with Crippen molar-refractivity contribution in [2.45, 2.75) is 32.6 Å². The Morgan fingerprint density at radius 3 is 2.94 bits per heavy atom. The fourth-order valence-corrected chi connectivity index (χ4v) is 3.43. The maximum Gasteiger partial charge on any atom is 0.0376 e. The molecule has 2 heterocycles. The lowest BCUT2D eigenvalue weighted by atomic mass is 9.90. The van der Waals surface area contributed by atoms with Gasteiger partial charge < -0.3 is 10.2 Å². The molecule has 2 aliphatic rings. The number of anilines is 1. The van der Waals surface area contributed by atoms with Crippen molar-refractivity contribution in [1.82, 2.24) is 4.90 Å². The molecule has 1 fully saturated rings. The summed E-state index contributed by atoms with van der Waals surface area (Å²) in [7, 11) is 0. The van der Waals surface area contributed by atoms with Crippen LogP contribution < -0.4 is 5.32 Å². The van der Waals surface area contributed by atoms with Gasteiger partial charge in [-0.2, -0.15) is 0 Å². The molecule has 1 aromatic rings. The van der Waals surface area contributed by atoms with Gasteiger partial charge in [0.15, 0.2) is 0 Å². The van der Waals surface area contributed by atoms with Gasteiger partial charge in [0, 0.05) is 31.2 Å². The van der Waals surface area contributed by atoms with Gasteiger partial charge in [0.25, 0.3) is 0 Å². The Hall–Kier alpha value is -1.02. The predicted octanol–water partition coefficient (Wildman–Crippen LogP) is 3.32. The molecule has 18 heavy (non-hydrogen) atoms. The van der Waals surface area contributed by atoms with Gasteiger partial charge in [0.2, 0.25) is 0 Å². The summed E-state index contributed by atoms with van der Waals surface area (Å²) in [5.41, 5.74) is 3.40. The number of likely N-dealkylation sites (tertiary alicyclic amines) is 1. The standard InChI is InChI=1S/C16H24N2/c1-16(2)8-10-18(12-16)11-13-7-9-17-15-6-4-3-5-14(13)15/h3-6,13,17H,7-12H2,1-2H3. The zero-order valence-corrected chi connectivity index (χ0v) is 11.6. The Morgan fingerprint density at radius 1 is 1.33 bits per heavy atom. The fraction of sp³-hybridized carbons (Fsp3) is 0.625. The van der Waals surface area contributed by atoms with Gasteiger partial charge in [-0.3, -0.25) is 0 Å². The van der Waals surface area contributed by atoms with E-state index in [2.05, 4.69) is 48.3 Å². The van der Waals surface area contributed by atoms with Crippen molar-refractivity contribution in [3.63, 3.8) is 0 Å². The summed E-state index contributed by atoms with van der Waals surface area (Å²) in [6.07, 6.45) is 2.62. The van der Waals surface area contributed by atoms with Crippen LogP contribution in [0, 0.1) is 5.41 Å². The summed E-state index contributed by atoms with van der Waals surface area (Å²) >= 11 is 0. The summed E-state index contributed by atoms with van der Waals surface area (Å²) in [5, 5.41) is 3.52. The molecule has 3 rings (SSSR count). The molecule has 1 N–H and O–H groups in total. The highest BCUT2D eigenvalue weighted by Crippen LogP contribution is 2.35. The largest absolute Gasteiger partial charge is 0.385 e. The van der Waals surface area contributed by atoms with Crippen molar-refractivity contribution in [3.8, 4) is 0 Å². The van der Waals surface area contributed by atoms with Crippen LogP contribution in [0.2, 0.25) is 0 Å². The van der Waals surface area contributed by atoms with Crippen LogP contribution in [0.5, 0.6) is 0 Å². The van der Waals surface area contributed by atoms with Crippen LogP contribution in [0.1, 0.15) is 38.2 Å². The zero-order chi connectivity index (χ0) is 12.6. The minimum absolute atomic E-state index is 0.520. The normalized spacial score (nSPS) is 26.7. The third-order valence-corrected chi connectivity index (χ3v) is 4.44. The Bertz CT molecular complexity index is 425. The quantitative estimate of drug-likeness (QED) is 0.858. The average molecular weight is 244 g/mol. The molecule has 0 bridgehead atoms. The number of nitrogens with zero attached hydrogens (tertiary/aromatic N) is 1. The van der Waals surface area contributed by atoms with E-state index in [1.54, 1.807) is 0 Å². The highest BCUT2D eigenvalue weighted by molar-refractivity contribution is 5.54. The first-order valence-corrected chi connectivity index (χ1v) is 7.19. The fourth-order valence-electron chi connectivity index (χ4n) is 3.43. The van der Waals surface area contributed by atoms with Gasteiger partial charge >= 0.3 is 0 Å². The summed E-state index contributed by atoms with van der Waals surface area (Å²) < 4.78 is 0. The van der Waals surface area contributed by atoms with Gasteiger partial charge in [-0.15, -0.1) is 0 Å². The Labute approximate surface area is 110 Å². The van der Waals surface area contributed by atoms with Crippen LogP contribution >= 0.6 is 0 Å². The zero-order valence-electron chi connectivity index (χ0n) is 11.6. The minimum Gasteiger partial charge on any atom is -0.385 e. The van der Waals surface area contributed by atoms with Crippen LogP contribution in [-0.2, 0) is 0 Å². The molecule has 1 aromatic carbocycles. The molecule has 0 aliphatic carbocycles. The lowest BCUT2D eigenvalue weighted by Crippen LogP contribution is -2.31. The topological polar surface area (TPSA) is 15.3 Å². The van der Waals surface area contributed by atoms with Crippen LogP contribution in [0.3, 0.4) is 0 Å². The van der Waals surface area contributed by atoms with Crippen LogP contribution in [-0.4, -0.2) is 31.1 Å². The molecule has 98 valence electrons. The Balaban J connectivity index is 1.71. The smallest absolute Gasteiger partial charge is 0.0376 e. The van der Waals surface area contributed by atoms with Crippen LogP contribution in [0.4, 0.5) is 5.69 Å². The van der Waals surface area contributed by atoms with Gasteiger partial charge in [-0.1, -0.05) is 32.0 Å². The molecule has 2 nitrogen and oxygen atoms in total. The second-order valence-electron chi connectivity index (χ2n) is 6.65. The van der Waals surface area contributed by atoms with Crippen LogP contribution in [0.25, 0.3) is 0 Å². The third kappa shape index (κ3) is 2.39. The third-order valence-electron chi connectivity index (χ3n) is 4.44. The molecule has 0 spiro atoms. The van der Waals surface area contributed by atoms with Crippen molar-refractivity contribution in [3.05, 3.63) is 29.8 Å². The predicted molar refractivity (Wildman–Crippen MR) is 77.1 cm³/mol. The molecule has 1 atom stereocenters. The number of fused-ring (bicyclic) bond motifs is 1. The van der Waals surface area contributed by atoms with E-state index >= 15 is 0 Å². The monoisotopic (exact) mass is 244 g/mol. The number of hydrogen-bond acceptors (Lipinski definition) is 2. The molecule has 0 amide bonds. The van der Waals surface area contributed by atoms with E-state index < -0.39 is 0 Å². The molecule has 0 aromatic heterocycles. The van der Waals surface area contributed by atoms with Crippen molar-refractivity contribution in [2.24, 2.45) is 5.41 Å². The minimum atomic E-state index is 0.520. The van der Waals surface area contributed by atoms with E-state index in [-0.39, 0.29) is 0 Å². The summed E-state index contributed by atoms with van der Waals surface area (Å²) in [5.74, 6) is 0.719. The van der Waals surface area contributed by atoms with Gasteiger partial charge in [-0.05, 0) is 36.4 Å². The maximum absolute atomic E-state index is 3.52. The second-order valence-corrected chi connectivity index (χ2v) is 6.65. The molecule has 2 heteroatoms. The first-order chi connectivity index (χ1) is 8.64. The molecule has 0 saturated carbocycles. The SMILES string of the molecule is CC1(C)CCN(CC2CCNc3ccccc32)C1. The number of hydrogen-bond donors (Lipinski definition) is 1. The van der Waals surface area contributed by atoms with E-state index in [1.807, 2.05) is 0 Å². The number of rotatable bonds is 2. The molecule has 1 saturated heterocycles. The Morgan fingerprint density at radius 2 is 2.17 bits per heavy atom. The molecular formula is C16H24N2. The van der Waals surface area contributed by atoms with Crippen LogP contribution in [0.15, 0.2) is 24.3 Å². The lowest BCUT2D eigenvalue weighted by molar-refractivity contribution is 0.271. The summed E-state index contributed by atoms with van der Waals surface area (Å²) in [6.45, 7) is 9.69. The van der Waals surface area contributed by atoms with E-state index in [9.17, 15) is 0 Å². The lowest BCUT2D eigenvalue weighted by Gasteiger charge is -2.30. The van der Waals surface area contributed by atoms with E-state index in [4.69, 9.17) is 0 Å². The van der Waals surface area contributed by atoms with Crippen molar-refractivity contribution >= 4 is 5.69 Å². The van der Waals surface area contributed by atoms with Crippen molar-refractivity contribution in [1.29, 1.82) is 0 Å². The highest BCUT2D eigenvalue weighted by Gasteiger charge is 2.31. The Kier molecular flexibility index (Phi) is 3.06. The summed E-state index contributed by atoms with van der Waals surface area (Å²) in [4.78, 5) is 2.66. The van der Waals surface area contributed by atoms with Gasteiger partial charge in [0.1, 0.15) is 0 Å². The first-order valence-electron chi connectivity index (χ1n) is 7.19. The number of nitrogens with one attached hydrogen (secondary N) is 1. The number of benzene rings is 1. The van der Waals surface area contributed by atoms with Crippen molar-refractivity contribution in [2.75, 3.05) is 31.5 Å². The second kappa shape index (κ2) is 4.58. The maximum atomic E-state index is 3.52. The van der Waals surface area contributed by atoms with Gasteiger partial charge in [-0.25, -0.2) is 0 Å². The van der Waals surface area contributed by atoms with E-state index in [0.29, 0.717) is 5.41 Å². The summed E-state index contributed by atoms with van der Waals surface area (Å²) in [6, 6.07) is 8.82. The molecular weight excluding hydrogens is 220 g/mol.